The first-order chi connectivity index (χ1) is 24.4. The zero-order valence-corrected chi connectivity index (χ0v) is 34.7. The number of aliphatic hydroxyl groups is 4. The predicted octanol–water partition coefficient (Wildman–Crippen LogP) is 3.27. The summed E-state index contributed by atoms with van der Waals surface area (Å²) in [6.45, 7) is 21.4. The number of carbonyl (C=O) groups excluding carboxylic acids is 2. The van der Waals surface area contributed by atoms with E-state index in [2.05, 4.69) is 6.58 Å². The molecule has 3 saturated heterocycles. The molecule has 308 valence electrons. The van der Waals surface area contributed by atoms with Gasteiger partial charge < -0.3 is 53.7 Å². The smallest absolute Gasteiger partial charge is 0.316 e. The third-order valence-corrected chi connectivity index (χ3v) is 13.1. The molecular weight excluding hydrogens is 686 g/mol. The second-order valence-corrected chi connectivity index (χ2v) is 17.3. The number of ketones is 1. The van der Waals surface area contributed by atoms with Gasteiger partial charge in [0.25, 0.3) is 0 Å². The number of hydrogen-bond acceptors (Lipinski definition) is 13. The lowest BCUT2D eigenvalue weighted by Crippen LogP contribution is -2.64. The molecule has 0 bridgehead atoms. The van der Waals surface area contributed by atoms with Crippen LogP contribution in [0.15, 0.2) is 12.7 Å². The molecule has 0 spiro atoms. The van der Waals surface area contributed by atoms with Crippen LogP contribution in [0.3, 0.4) is 0 Å². The van der Waals surface area contributed by atoms with Crippen molar-refractivity contribution in [3.8, 4) is 0 Å². The molecule has 0 aromatic rings. The number of rotatable bonds is 8. The molecule has 3 heterocycles. The van der Waals surface area contributed by atoms with Gasteiger partial charge in [-0.05, 0) is 80.8 Å². The lowest BCUT2D eigenvalue weighted by Gasteiger charge is -2.54. The average Bonchev–Trinajstić information content (AvgIpc) is 3.10. The summed E-state index contributed by atoms with van der Waals surface area (Å²) < 4.78 is 38.3. The second-order valence-electron chi connectivity index (χ2n) is 17.3. The van der Waals surface area contributed by atoms with Crippen LogP contribution in [0.1, 0.15) is 94.9 Å². The quantitative estimate of drug-likeness (QED) is 0.210. The van der Waals surface area contributed by atoms with Gasteiger partial charge in [-0.3, -0.25) is 9.59 Å². The van der Waals surface area contributed by atoms with E-state index in [1.54, 1.807) is 41.5 Å². The summed E-state index contributed by atoms with van der Waals surface area (Å²) in [5, 5.41) is 46.3. The van der Waals surface area contributed by atoms with Crippen molar-refractivity contribution in [2.24, 2.45) is 29.1 Å². The molecule has 0 amide bonds. The monoisotopic (exact) mass is 757 g/mol. The van der Waals surface area contributed by atoms with Gasteiger partial charge in [-0.2, -0.15) is 0 Å². The lowest BCUT2D eigenvalue weighted by molar-refractivity contribution is -0.305. The molecule has 1 unspecified atom stereocenters. The van der Waals surface area contributed by atoms with Crippen LogP contribution in [0.4, 0.5) is 0 Å². The number of carbonyl (C=O) groups is 2. The number of esters is 1. The summed E-state index contributed by atoms with van der Waals surface area (Å²) >= 11 is 0. The summed E-state index contributed by atoms with van der Waals surface area (Å²) in [6.07, 6.45) is -6.13. The van der Waals surface area contributed by atoms with Crippen LogP contribution in [0, 0.1) is 29.1 Å². The van der Waals surface area contributed by atoms with E-state index in [4.69, 9.17) is 28.4 Å². The molecule has 3 aliphatic rings. The Kier molecular flexibility index (Phi) is 15.0. The van der Waals surface area contributed by atoms with Crippen LogP contribution in [0.25, 0.3) is 0 Å². The predicted molar refractivity (Wildman–Crippen MR) is 199 cm³/mol. The largest absolute Gasteiger partial charge is 0.459 e. The Labute approximate surface area is 317 Å². The standard InChI is InChI=1S/C40H71NO12/c1-16-28-40(11,47)32(44)24(6)30(42)21(3)19-39(10,49-15)34(53-35-31(43)26(41(12)13)18-22(4)50-35)23(5)29(37(8,17-2)36(46)52-28)27-20-38(9,48-14)33(45)25(7)51-27/h17,21-29,31-35,43-45,47H,2,16,18-20H2,1,3-15H3/t21-,22-,23+,24+,25+,26+,27-,28-,29?,31-,32-,33+,34-,35+,37+,38-,39+,40-/m1/s1. The molecule has 13 nitrogen and oxygen atoms in total. The maximum absolute atomic E-state index is 14.8. The van der Waals surface area contributed by atoms with Crippen molar-refractivity contribution < 1.29 is 58.4 Å². The molecule has 3 aliphatic heterocycles. The number of hydrogen-bond donors (Lipinski definition) is 4. The molecule has 0 saturated carbocycles. The van der Waals surface area contributed by atoms with Gasteiger partial charge in [0.1, 0.15) is 29.7 Å². The minimum atomic E-state index is -1.99. The van der Waals surface area contributed by atoms with Crippen LogP contribution in [0.2, 0.25) is 0 Å². The Morgan fingerprint density at radius 2 is 1.51 bits per heavy atom. The van der Waals surface area contributed by atoms with E-state index in [1.165, 1.54) is 27.2 Å². The highest BCUT2D eigenvalue weighted by molar-refractivity contribution is 5.83. The summed E-state index contributed by atoms with van der Waals surface area (Å²) in [5.41, 5.74) is -5.86. The van der Waals surface area contributed by atoms with Crippen molar-refractivity contribution in [2.75, 3.05) is 28.3 Å². The van der Waals surface area contributed by atoms with Gasteiger partial charge in [-0.1, -0.05) is 33.8 Å². The van der Waals surface area contributed by atoms with Gasteiger partial charge >= 0.3 is 5.97 Å². The molecule has 0 aliphatic carbocycles. The molecule has 0 aromatic carbocycles. The van der Waals surface area contributed by atoms with Crippen molar-refractivity contribution in [3.05, 3.63) is 12.7 Å². The molecule has 13 heteroatoms. The van der Waals surface area contributed by atoms with Crippen molar-refractivity contribution in [1.29, 1.82) is 0 Å². The van der Waals surface area contributed by atoms with E-state index >= 15 is 0 Å². The second kappa shape index (κ2) is 17.3. The fraction of sp³-hybridized carbons (Fsp3) is 0.900. The van der Waals surface area contributed by atoms with Gasteiger partial charge in [0.2, 0.25) is 0 Å². The minimum absolute atomic E-state index is 0.113. The van der Waals surface area contributed by atoms with Gasteiger partial charge in [0.05, 0.1) is 47.1 Å². The maximum Gasteiger partial charge on any atom is 0.316 e. The number of aliphatic hydroxyl groups excluding tert-OH is 3. The molecular formula is C40H71NO12. The number of nitrogens with zero attached hydrogens (tertiary/aromatic N) is 1. The van der Waals surface area contributed by atoms with E-state index in [9.17, 15) is 30.0 Å². The molecule has 4 N–H and O–H groups in total. The highest BCUT2D eigenvalue weighted by Crippen LogP contribution is 2.50. The number of methoxy groups -OCH3 is 2. The first-order valence-corrected chi connectivity index (χ1v) is 19.3. The third kappa shape index (κ3) is 8.90. The van der Waals surface area contributed by atoms with Crippen LogP contribution in [0.5, 0.6) is 0 Å². The molecule has 3 fully saturated rings. The number of likely N-dealkylation sites (N-methyl/N-ethyl adjacent to an activating group) is 1. The van der Waals surface area contributed by atoms with Crippen LogP contribution >= 0.6 is 0 Å². The Bertz CT molecular complexity index is 1260. The topological polar surface area (TPSA) is 174 Å². The molecule has 0 radical (unpaired) electrons. The number of Topliss-reactive ketones (excluding diaryl/α,β-unsaturated/α-hetero) is 1. The van der Waals surface area contributed by atoms with Crippen molar-refractivity contribution in [3.63, 3.8) is 0 Å². The third-order valence-electron chi connectivity index (χ3n) is 13.1. The average molecular weight is 758 g/mol. The summed E-state index contributed by atoms with van der Waals surface area (Å²) in [5.74, 6) is -4.28. The Balaban J connectivity index is 2.38. The summed E-state index contributed by atoms with van der Waals surface area (Å²) in [7, 11) is 6.81. The fourth-order valence-electron chi connectivity index (χ4n) is 9.47. The van der Waals surface area contributed by atoms with E-state index < -0.39 is 101 Å². The van der Waals surface area contributed by atoms with E-state index in [1.807, 2.05) is 39.8 Å². The van der Waals surface area contributed by atoms with Crippen LogP contribution in [-0.4, -0.2) is 143 Å². The van der Waals surface area contributed by atoms with Gasteiger partial charge in [0, 0.05) is 44.4 Å². The van der Waals surface area contributed by atoms with E-state index in [0.29, 0.717) is 6.42 Å². The summed E-state index contributed by atoms with van der Waals surface area (Å²) in [6, 6.07) is -0.288. The molecule has 18 atom stereocenters. The lowest BCUT2D eigenvalue weighted by atomic mass is 9.62. The Hall–Kier alpha value is -1.52. The minimum Gasteiger partial charge on any atom is -0.459 e. The van der Waals surface area contributed by atoms with Crippen molar-refractivity contribution >= 4 is 11.8 Å². The summed E-state index contributed by atoms with van der Waals surface area (Å²) in [4.78, 5) is 30.8. The molecule has 0 aromatic heterocycles. The number of cyclic esters (lactones) is 1. The zero-order chi connectivity index (χ0) is 40.6. The first-order valence-electron chi connectivity index (χ1n) is 19.3. The number of ether oxygens (including phenoxy) is 6. The van der Waals surface area contributed by atoms with E-state index in [0.717, 1.165) is 0 Å². The highest BCUT2D eigenvalue weighted by atomic mass is 16.7. The van der Waals surface area contributed by atoms with E-state index in [-0.39, 0.29) is 37.2 Å². The normalized spacial score (nSPS) is 49.6. The van der Waals surface area contributed by atoms with Crippen LogP contribution in [-0.2, 0) is 38.0 Å². The highest BCUT2D eigenvalue weighted by Gasteiger charge is 2.59. The SMILES string of the molecule is C=C[C@]1(C)C(=O)O[C@H](CC)[C@@](C)(O)[C@H](O)[C@@H](C)C(=O)[C@H](C)C[C@](C)(OC)[C@H](O[C@@H]2O[C@H](C)C[C@H](N(C)C)[C@H]2O)[C@@H](C)C1[C@H]1C[C@@](C)(OC)[C@@H](O)[C@H](C)O1. The van der Waals surface area contributed by atoms with Crippen LogP contribution < -0.4 is 0 Å². The van der Waals surface area contributed by atoms with Gasteiger partial charge in [-0.15, -0.1) is 6.58 Å². The van der Waals surface area contributed by atoms with Crippen molar-refractivity contribution in [2.45, 2.75) is 173 Å². The Morgan fingerprint density at radius 1 is 0.925 bits per heavy atom. The molecule has 3 rings (SSSR count). The fourth-order valence-corrected chi connectivity index (χ4v) is 9.47. The van der Waals surface area contributed by atoms with Crippen molar-refractivity contribution in [1.82, 2.24) is 4.90 Å². The zero-order valence-electron chi connectivity index (χ0n) is 34.7. The Morgan fingerprint density at radius 3 is 2.02 bits per heavy atom. The maximum atomic E-state index is 14.8. The molecule has 53 heavy (non-hydrogen) atoms. The van der Waals surface area contributed by atoms with Gasteiger partial charge in [0.15, 0.2) is 6.29 Å². The van der Waals surface area contributed by atoms with Gasteiger partial charge in [-0.25, -0.2) is 0 Å². The first kappa shape index (κ1) is 45.9.